The Hall–Kier alpha value is -1.23. The zero-order valence-electron chi connectivity index (χ0n) is 11.6. The van der Waals surface area contributed by atoms with Crippen molar-refractivity contribution in [1.29, 1.82) is 0 Å². The molecule has 0 unspecified atom stereocenters. The molecule has 2 aliphatic rings. The fraction of sp³-hybridized carbons (Fsp3) is 0.600. The summed E-state index contributed by atoms with van der Waals surface area (Å²) < 4.78 is 0. The predicted octanol–water partition coefficient (Wildman–Crippen LogP) is 3.09. The zero-order valence-corrected chi connectivity index (χ0v) is 12.5. The quantitative estimate of drug-likeness (QED) is 0.388. The molecule has 0 atom stereocenters. The van der Waals surface area contributed by atoms with E-state index in [0.717, 1.165) is 23.4 Å². The second kappa shape index (κ2) is 6.04. The molecule has 0 spiro atoms. The Morgan fingerprint density at radius 1 is 1.25 bits per heavy atom. The Kier molecular flexibility index (Phi) is 4.15. The van der Waals surface area contributed by atoms with E-state index >= 15 is 0 Å². The molecule has 1 heterocycles. The van der Waals surface area contributed by atoms with E-state index in [9.17, 15) is 0 Å². The van der Waals surface area contributed by atoms with Crippen molar-refractivity contribution in [2.24, 2.45) is 10.9 Å². The molecule has 0 aromatic carbocycles. The maximum Gasteiger partial charge on any atom is 0.172 e. The van der Waals surface area contributed by atoms with Crippen LogP contribution in [0.2, 0.25) is 0 Å². The lowest BCUT2D eigenvalue weighted by Crippen LogP contribution is -2.18. The van der Waals surface area contributed by atoms with Crippen molar-refractivity contribution < 1.29 is 5.21 Å². The number of nitrogens with zero attached hydrogens (tertiary/aromatic N) is 2. The molecule has 108 valence electrons. The first kappa shape index (κ1) is 13.7. The van der Waals surface area contributed by atoms with Crippen LogP contribution in [0.5, 0.6) is 0 Å². The van der Waals surface area contributed by atoms with E-state index in [2.05, 4.69) is 11.2 Å². The molecule has 1 fully saturated rings. The molecular formula is C15H21N3OS. The van der Waals surface area contributed by atoms with Crippen LogP contribution < -0.4 is 5.73 Å². The van der Waals surface area contributed by atoms with E-state index in [1.54, 1.807) is 0 Å². The summed E-state index contributed by atoms with van der Waals surface area (Å²) in [6, 6.07) is 2.09. The van der Waals surface area contributed by atoms with Crippen LogP contribution in [0.25, 0.3) is 0 Å². The van der Waals surface area contributed by atoms with Gasteiger partial charge >= 0.3 is 0 Å². The van der Waals surface area contributed by atoms with Crippen LogP contribution in [-0.2, 0) is 12.8 Å². The number of rotatable bonds is 3. The maximum absolute atomic E-state index is 9.00. The summed E-state index contributed by atoms with van der Waals surface area (Å²) >= 11 is 1.81. The summed E-state index contributed by atoms with van der Waals surface area (Å²) in [6.07, 6.45) is 9.66. The fourth-order valence-corrected chi connectivity index (χ4v) is 4.44. The van der Waals surface area contributed by atoms with Gasteiger partial charge in [0.25, 0.3) is 0 Å². The number of fused-ring (bicyclic) bond motifs is 1. The molecule has 5 heteroatoms. The van der Waals surface area contributed by atoms with Gasteiger partial charge in [0.2, 0.25) is 0 Å². The Balaban J connectivity index is 1.96. The highest BCUT2D eigenvalue weighted by Gasteiger charge is 2.22. The molecule has 0 amide bonds. The number of hydrogen-bond donors (Lipinski definition) is 2. The van der Waals surface area contributed by atoms with Gasteiger partial charge in [-0.25, -0.2) is 4.98 Å². The summed E-state index contributed by atoms with van der Waals surface area (Å²) in [5.41, 5.74) is 9.15. The number of aryl methyl sites for hydroxylation is 2. The number of aromatic nitrogens is 1. The number of oxime groups is 1. The first-order chi connectivity index (χ1) is 9.78. The highest BCUT2D eigenvalue weighted by atomic mass is 32.2. The van der Waals surface area contributed by atoms with Gasteiger partial charge in [-0.3, -0.25) is 0 Å². The third-order valence-corrected chi connectivity index (χ3v) is 5.57. The van der Waals surface area contributed by atoms with E-state index in [1.807, 2.05) is 11.8 Å². The molecule has 0 saturated heterocycles. The van der Waals surface area contributed by atoms with E-state index < -0.39 is 0 Å². The van der Waals surface area contributed by atoms with Crippen LogP contribution in [0.4, 0.5) is 0 Å². The summed E-state index contributed by atoms with van der Waals surface area (Å²) in [7, 11) is 0. The van der Waals surface area contributed by atoms with Gasteiger partial charge in [-0.2, -0.15) is 0 Å². The summed E-state index contributed by atoms with van der Waals surface area (Å²) in [5.74, 6) is 0.186. The van der Waals surface area contributed by atoms with Crippen molar-refractivity contribution in [3.63, 3.8) is 0 Å². The Labute approximate surface area is 123 Å². The number of thioether (sulfide) groups is 1. The lowest BCUT2D eigenvalue weighted by Gasteiger charge is -2.19. The summed E-state index contributed by atoms with van der Waals surface area (Å²) in [6.45, 7) is 0. The number of pyridine rings is 1. The van der Waals surface area contributed by atoms with Gasteiger partial charge in [-0.1, -0.05) is 18.0 Å². The third kappa shape index (κ3) is 2.77. The second-order valence-corrected chi connectivity index (χ2v) is 6.95. The van der Waals surface area contributed by atoms with Crippen molar-refractivity contribution in [3.05, 3.63) is 22.9 Å². The highest BCUT2D eigenvalue weighted by Crippen LogP contribution is 2.36. The van der Waals surface area contributed by atoms with Gasteiger partial charge in [0.05, 0.1) is 5.56 Å². The minimum absolute atomic E-state index is 0.186. The number of hydrogen-bond acceptors (Lipinski definition) is 4. The number of nitrogens with two attached hydrogens (primary N) is 1. The van der Waals surface area contributed by atoms with Crippen LogP contribution >= 0.6 is 11.8 Å². The maximum atomic E-state index is 9.00. The Morgan fingerprint density at radius 2 is 2.00 bits per heavy atom. The molecule has 3 N–H and O–H groups in total. The molecule has 0 aliphatic heterocycles. The van der Waals surface area contributed by atoms with Crippen molar-refractivity contribution in [2.45, 2.75) is 61.6 Å². The predicted molar refractivity (Wildman–Crippen MR) is 81.5 cm³/mol. The van der Waals surface area contributed by atoms with E-state index in [0.29, 0.717) is 5.25 Å². The molecule has 1 saturated carbocycles. The average Bonchev–Trinajstić information content (AvgIpc) is 2.98. The first-order valence-corrected chi connectivity index (χ1v) is 8.33. The van der Waals surface area contributed by atoms with Crippen LogP contribution in [0.15, 0.2) is 16.2 Å². The van der Waals surface area contributed by atoms with Crippen molar-refractivity contribution >= 4 is 17.6 Å². The molecule has 3 rings (SSSR count). The third-order valence-electron chi connectivity index (χ3n) is 4.23. The van der Waals surface area contributed by atoms with Crippen molar-refractivity contribution in [1.82, 2.24) is 4.98 Å². The van der Waals surface area contributed by atoms with Gasteiger partial charge in [0.1, 0.15) is 5.03 Å². The molecule has 0 bridgehead atoms. The Bertz CT molecular complexity index is 524. The van der Waals surface area contributed by atoms with E-state index in [1.165, 1.54) is 49.8 Å². The normalized spacial score (nSPS) is 20.1. The van der Waals surface area contributed by atoms with Crippen LogP contribution in [0.3, 0.4) is 0 Å². The molecule has 2 aliphatic carbocycles. The minimum Gasteiger partial charge on any atom is -0.409 e. The van der Waals surface area contributed by atoms with E-state index in [-0.39, 0.29) is 5.84 Å². The second-order valence-electron chi connectivity index (χ2n) is 5.66. The molecular weight excluding hydrogens is 270 g/mol. The molecule has 1 aromatic heterocycles. The van der Waals surface area contributed by atoms with Gasteiger partial charge in [-0.05, 0) is 50.2 Å². The lowest BCUT2D eigenvalue weighted by molar-refractivity contribution is 0.318. The minimum atomic E-state index is 0.186. The SMILES string of the molecule is NC(=NO)c1cc2c(nc1SC1CCCC1)CCCC2. The Morgan fingerprint density at radius 3 is 2.75 bits per heavy atom. The molecule has 4 nitrogen and oxygen atoms in total. The first-order valence-electron chi connectivity index (χ1n) is 7.45. The highest BCUT2D eigenvalue weighted by molar-refractivity contribution is 7.99. The van der Waals surface area contributed by atoms with Gasteiger partial charge in [0.15, 0.2) is 5.84 Å². The van der Waals surface area contributed by atoms with Gasteiger partial charge in [-0.15, -0.1) is 11.8 Å². The van der Waals surface area contributed by atoms with Crippen molar-refractivity contribution in [2.75, 3.05) is 0 Å². The van der Waals surface area contributed by atoms with Gasteiger partial charge in [0, 0.05) is 10.9 Å². The fourth-order valence-electron chi connectivity index (χ4n) is 3.11. The average molecular weight is 291 g/mol. The van der Waals surface area contributed by atoms with Crippen LogP contribution in [0.1, 0.15) is 55.3 Å². The standard InChI is InChI=1S/C15H21N3OS/c16-14(18-19)12-9-10-5-1-4-8-13(10)17-15(12)20-11-6-2-3-7-11/h9,11,19H,1-8H2,(H2,16,18). The van der Waals surface area contributed by atoms with Crippen LogP contribution in [-0.4, -0.2) is 21.3 Å². The summed E-state index contributed by atoms with van der Waals surface area (Å²) in [4.78, 5) is 4.84. The van der Waals surface area contributed by atoms with Gasteiger partial charge < -0.3 is 10.9 Å². The lowest BCUT2D eigenvalue weighted by atomic mass is 9.95. The molecule has 1 aromatic rings. The molecule has 0 radical (unpaired) electrons. The monoisotopic (exact) mass is 291 g/mol. The van der Waals surface area contributed by atoms with Crippen molar-refractivity contribution in [3.8, 4) is 0 Å². The van der Waals surface area contributed by atoms with E-state index in [4.69, 9.17) is 15.9 Å². The molecule has 20 heavy (non-hydrogen) atoms. The summed E-state index contributed by atoms with van der Waals surface area (Å²) in [5, 5.41) is 13.8. The topological polar surface area (TPSA) is 71.5 Å². The van der Waals surface area contributed by atoms with Crippen LogP contribution in [0, 0.1) is 0 Å². The smallest absolute Gasteiger partial charge is 0.172 e. The largest absolute Gasteiger partial charge is 0.409 e. The number of amidine groups is 1. The zero-order chi connectivity index (χ0) is 13.9.